The minimum atomic E-state index is -0.379. The number of nitrogens with zero attached hydrogens (tertiary/aromatic N) is 1. The van der Waals surface area contributed by atoms with Gasteiger partial charge in [-0.05, 0) is 92.3 Å². The molecule has 0 bridgehead atoms. The van der Waals surface area contributed by atoms with Crippen molar-refractivity contribution in [3.8, 4) is 5.75 Å². The Morgan fingerprint density at radius 3 is 2.40 bits per heavy atom. The van der Waals surface area contributed by atoms with Crippen LogP contribution in [0.15, 0.2) is 84.7 Å². The molecule has 1 amide bonds. The van der Waals surface area contributed by atoms with E-state index in [1.807, 2.05) is 48.0 Å². The van der Waals surface area contributed by atoms with Crippen LogP contribution in [0.2, 0.25) is 0 Å². The van der Waals surface area contributed by atoms with Crippen LogP contribution in [0, 0.1) is 6.92 Å². The van der Waals surface area contributed by atoms with Gasteiger partial charge in [-0.25, -0.2) is 4.79 Å². The van der Waals surface area contributed by atoms with Gasteiger partial charge in [0.05, 0.1) is 25.1 Å². The van der Waals surface area contributed by atoms with Crippen molar-refractivity contribution in [1.29, 1.82) is 0 Å². The molecular weight excluding hydrogens is 557 g/mol. The van der Waals surface area contributed by atoms with Gasteiger partial charge in [-0.2, -0.15) is 0 Å². The molecule has 8 heteroatoms. The molecule has 2 unspecified atom stereocenters. The zero-order valence-electron chi connectivity index (χ0n) is 25.9. The Morgan fingerprint density at radius 2 is 1.72 bits per heavy atom. The molecular formula is C35H46N3O4P. The second kappa shape index (κ2) is 18.0. The molecule has 4 rings (SSSR count). The summed E-state index contributed by atoms with van der Waals surface area (Å²) >= 11 is 0. The first-order valence-electron chi connectivity index (χ1n) is 15.0. The van der Waals surface area contributed by atoms with Crippen LogP contribution in [0.3, 0.4) is 0 Å². The summed E-state index contributed by atoms with van der Waals surface area (Å²) in [5.74, 6) is 1.35. The predicted octanol–water partition coefficient (Wildman–Crippen LogP) is 7.44. The van der Waals surface area contributed by atoms with Gasteiger partial charge in [-0.1, -0.05) is 50.3 Å². The molecule has 2 N–H and O–H groups in total. The Kier molecular flexibility index (Phi) is 14.1. The molecule has 1 fully saturated rings. The van der Waals surface area contributed by atoms with Crippen molar-refractivity contribution in [3.05, 3.63) is 101 Å². The average Bonchev–Trinajstić information content (AvgIpc) is 3.52. The summed E-state index contributed by atoms with van der Waals surface area (Å²) < 4.78 is 10.7. The van der Waals surface area contributed by atoms with Gasteiger partial charge in [0.15, 0.2) is 0 Å². The highest BCUT2D eigenvalue weighted by atomic mass is 31.0. The first kappa shape index (κ1) is 33.7. The number of anilines is 2. The zero-order valence-corrected chi connectivity index (χ0v) is 27.1. The van der Waals surface area contributed by atoms with E-state index >= 15 is 0 Å². The first-order chi connectivity index (χ1) is 21.0. The fourth-order valence-corrected chi connectivity index (χ4v) is 4.91. The SMILES string of the molecule is CCCC/C=C(\Nc1ccc(CC(=O)N2CCCC2COc2ccc(C(=O)OC)cc2)cc1)Nc1ccccc1C.CP. The number of likely N-dealkylation sites (tertiary alicyclic amines) is 1. The lowest BCUT2D eigenvalue weighted by Crippen LogP contribution is -2.39. The highest BCUT2D eigenvalue weighted by Crippen LogP contribution is 2.23. The number of hydrogen-bond donors (Lipinski definition) is 2. The molecule has 230 valence electrons. The van der Waals surface area contributed by atoms with Gasteiger partial charge < -0.3 is 25.0 Å². The Balaban J connectivity index is 0.00000248. The molecule has 0 radical (unpaired) electrons. The molecule has 0 aromatic heterocycles. The molecule has 7 nitrogen and oxygen atoms in total. The van der Waals surface area contributed by atoms with Crippen LogP contribution in [0.4, 0.5) is 11.4 Å². The average molecular weight is 604 g/mol. The minimum absolute atomic E-state index is 0.0343. The number of nitrogens with one attached hydrogen (secondary N) is 2. The fraction of sp³-hybridized carbons (Fsp3) is 0.371. The Morgan fingerprint density at radius 1 is 1.00 bits per heavy atom. The molecule has 3 aromatic rings. The number of carbonyl (C=O) groups is 2. The first-order valence-corrected chi connectivity index (χ1v) is 16.2. The minimum Gasteiger partial charge on any atom is -0.491 e. The third-order valence-electron chi connectivity index (χ3n) is 7.32. The summed E-state index contributed by atoms with van der Waals surface area (Å²) in [6.07, 6.45) is 7.70. The Hall–Kier alpha value is -3.83. The van der Waals surface area contributed by atoms with Gasteiger partial charge in [0.25, 0.3) is 0 Å². The van der Waals surface area contributed by atoms with Crippen LogP contribution in [0.25, 0.3) is 0 Å². The second-order valence-electron chi connectivity index (χ2n) is 10.4. The molecule has 1 saturated heterocycles. The van der Waals surface area contributed by atoms with Crippen LogP contribution in [-0.4, -0.2) is 49.7 Å². The molecule has 1 aliphatic heterocycles. The lowest BCUT2D eigenvalue weighted by molar-refractivity contribution is -0.131. The van der Waals surface area contributed by atoms with Gasteiger partial charge >= 0.3 is 5.97 Å². The summed E-state index contributed by atoms with van der Waals surface area (Å²) in [5, 5.41) is 7.05. The monoisotopic (exact) mass is 603 g/mol. The predicted molar refractivity (Wildman–Crippen MR) is 180 cm³/mol. The smallest absolute Gasteiger partial charge is 0.337 e. The molecule has 43 heavy (non-hydrogen) atoms. The molecule has 1 heterocycles. The van der Waals surface area contributed by atoms with E-state index in [-0.39, 0.29) is 17.9 Å². The highest BCUT2D eigenvalue weighted by molar-refractivity contribution is 7.15. The van der Waals surface area contributed by atoms with Crippen LogP contribution in [0.5, 0.6) is 5.75 Å². The summed E-state index contributed by atoms with van der Waals surface area (Å²) in [7, 11) is 3.78. The zero-order chi connectivity index (χ0) is 31.0. The Bertz CT molecular complexity index is 1330. The van der Waals surface area contributed by atoms with Gasteiger partial charge in [-0.3, -0.25) is 4.79 Å². The number of aryl methyl sites for hydroxylation is 1. The molecule has 3 aromatic carbocycles. The summed E-state index contributed by atoms with van der Waals surface area (Å²) in [6.45, 7) is 7.37. The van der Waals surface area contributed by atoms with Crippen LogP contribution < -0.4 is 15.4 Å². The second-order valence-corrected chi connectivity index (χ2v) is 10.4. The number of para-hydroxylation sites is 1. The number of benzene rings is 3. The largest absolute Gasteiger partial charge is 0.491 e. The highest BCUT2D eigenvalue weighted by Gasteiger charge is 2.29. The lowest BCUT2D eigenvalue weighted by Gasteiger charge is -2.25. The normalized spacial score (nSPS) is 14.4. The number of unbranched alkanes of at least 4 members (excludes halogenated alkanes) is 2. The third kappa shape index (κ3) is 10.4. The van der Waals surface area contributed by atoms with Gasteiger partial charge in [-0.15, -0.1) is 9.24 Å². The van der Waals surface area contributed by atoms with E-state index in [0.717, 1.165) is 61.4 Å². The quantitative estimate of drug-likeness (QED) is 0.120. The summed E-state index contributed by atoms with van der Waals surface area (Å²) in [5.41, 5.74) is 4.69. The fourth-order valence-electron chi connectivity index (χ4n) is 4.91. The van der Waals surface area contributed by atoms with Crippen LogP contribution >= 0.6 is 9.24 Å². The number of rotatable bonds is 13. The summed E-state index contributed by atoms with van der Waals surface area (Å²) in [6, 6.07) is 23.2. The van der Waals surface area contributed by atoms with Crippen molar-refractivity contribution in [2.45, 2.75) is 58.4 Å². The van der Waals surface area contributed by atoms with E-state index in [0.29, 0.717) is 24.3 Å². The van der Waals surface area contributed by atoms with Crippen molar-refractivity contribution in [2.75, 3.05) is 37.6 Å². The number of esters is 1. The van der Waals surface area contributed by atoms with E-state index in [9.17, 15) is 9.59 Å². The topological polar surface area (TPSA) is 79.9 Å². The molecule has 0 aliphatic carbocycles. The molecule has 0 spiro atoms. The van der Waals surface area contributed by atoms with E-state index in [2.05, 4.69) is 51.9 Å². The maximum atomic E-state index is 13.2. The maximum absolute atomic E-state index is 13.2. The van der Waals surface area contributed by atoms with Crippen molar-refractivity contribution in [2.24, 2.45) is 0 Å². The van der Waals surface area contributed by atoms with E-state index < -0.39 is 0 Å². The standard InChI is InChI=1S/C34H41N3O4.CH5P/c1-4-5-6-13-32(36-31-12-8-7-10-25(31)2)35-28-18-14-26(15-19-28)23-33(38)37-22-9-11-29(37)24-41-30-20-16-27(17-21-30)34(39)40-3;1-2/h7-8,10,12-21,29,35-36H,4-6,9,11,22-24H2,1-3H3;2H2,1H3/b32-13+;. The number of allylic oxidation sites excluding steroid dienone is 1. The number of hydrogen-bond acceptors (Lipinski definition) is 6. The number of ether oxygens (including phenoxy) is 2. The van der Waals surface area contributed by atoms with E-state index in [1.54, 1.807) is 24.3 Å². The Labute approximate surface area is 259 Å². The third-order valence-corrected chi connectivity index (χ3v) is 7.32. The van der Waals surface area contributed by atoms with Crippen molar-refractivity contribution >= 4 is 32.5 Å². The van der Waals surface area contributed by atoms with Crippen LogP contribution in [-0.2, 0) is 16.0 Å². The molecule has 1 aliphatic rings. The van der Waals surface area contributed by atoms with Crippen molar-refractivity contribution < 1.29 is 19.1 Å². The number of amides is 1. The number of methoxy groups -OCH3 is 1. The molecule has 2 atom stereocenters. The van der Waals surface area contributed by atoms with Gasteiger partial charge in [0.1, 0.15) is 18.2 Å². The van der Waals surface area contributed by atoms with Crippen molar-refractivity contribution in [3.63, 3.8) is 0 Å². The number of carbonyl (C=O) groups excluding carboxylic acids is 2. The van der Waals surface area contributed by atoms with Crippen LogP contribution in [0.1, 0.15) is 60.5 Å². The van der Waals surface area contributed by atoms with Crippen molar-refractivity contribution in [1.82, 2.24) is 4.90 Å². The summed E-state index contributed by atoms with van der Waals surface area (Å²) in [4.78, 5) is 26.8. The van der Waals surface area contributed by atoms with Gasteiger partial charge in [0, 0.05) is 17.9 Å². The lowest BCUT2D eigenvalue weighted by atomic mass is 10.1. The van der Waals surface area contributed by atoms with E-state index in [1.165, 1.54) is 12.7 Å². The maximum Gasteiger partial charge on any atom is 0.337 e. The molecule has 0 saturated carbocycles. The van der Waals surface area contributed by atoms with E-state index in [4.69, 9.17) is 9.47 Å². The van der Waals surface area contributed by atoms with Gasteiger partial charge in [0.2, 0.25) is 5.91 Å².